The van der Waals surface area contributed by atoms with Gasteiger partial charge in [0.05, 0.1) is 6.54 Å². The van der Waals surface area contributed by atoms with Gasteiger partial charge >= 0.3 is 6.18 Å². The first-order valence-corrected chi connectivity index (χ1v) is 5.56. The Labute approximate surface area is 105 Å². The zero-order valence-corrected chi connectivity index (χ0v) is 10.4. The predicted octanol–water partition coefficient (Wildman–Crippen LogP) is 2.28. The van der Waals surface area contributed by atoms with Gasteiger partial charge in [-0.05, 0) is 12.1 Å². The third-order valence-corrected chi connectivity index (χ3v) is 2.21. The predicted molar refractivity (Wildman–Crippen MR) is 65.2 cm³/mol. The maximum absolute atomic E-state index is 11.8. The van der Waals surface area contributed by atoms with E-state index in [1.54, 1.807) is 6.07 Å². The second-order valence-electron chi connectivity index (χ2n) is 4.03. The normalized spacial score (nSPS) is 11.4. The Hall–Kier alpha value is -1.43. The zero-order chi connectivity index (χ0) is 13.6. The molecule has 0 saturated carbocycles. The molecule has 0 aliphatic rings. The van der Waals surface area contributed by atoms with Gasteiger partial charge in [0.25, 0.3) is 0 Å². The molecular formula is C12H17F3N2O. The molecule has 0 fully saturated rings. The Morgan fingerprint density at radius 3 is 2.61 bits per heavy atom. The van der Waals surface area contributed by atoms with Gasteiger partial charge in [-0.1, -0.05) is 6.07 Å². The summed E-state index contributed by atoms with van der Waals surface area (Å²) in [5.41, 5.74) is 0.982. The fourth-order valence-electron chi connectivity index (χ4n) is 1.32. The topological polar surface area (TPSA) is 24.5 Å². The molecule has 1 aromatic rings. The molecule has 0 unspecified atom stereocenters. The molecular weight excluding hydrogens is 245 g/mol. The molecule has 0 amide bonds. The summed E-state index contributed by atoms with van der Waals surface area (Å²) in [5, 5.41) is 2.27. The van der Waals surface area contributed by atoms with Crippen LogP contribution in [0.15, 0.2) is 24.3 Å². The van der Waals surface area contributed by atoms with Crippen molar-refractivity contribution in [2.45, 2.75) is 6.18 Å². The maximum atomic E-state index is 11.8. The molecule has 0 saturated heterocycles. The first-order chi connectivity index (χ1) is 8.38. The van der Waals surface area contributed by atoms with E-state index >= 15 is 0 Å². The van der Waals surface area contributed by atoms with Gasteiger partial charge in [0.15, 0.2) is 0 Å². The number of hydrogen-bond donors (Lipinski definition) is 1. The number of hydrogen-bond acceptors (Lipinski definition) is 3. The molecule has 0 bridgehead atoms. The largest absolute Gasteiger partial charge is 0.492 e. The lowest BCUT2D eigenvalue weighted by Crippen LogP contribution is -2.31. The molecule has 0 atom stereocenters. The minimum atomic E-state index is -4.18. The summed E-state index contributed by atoms with van der Waals surface area (Å²) in [6, 6.07) is 7.38. The highest BCUT2D eigenvalue weighted by Crippen LogP contribution is 2.19. The van der Waals surface area contributed by atoms with Crippen molar-refractivity contribution in [1.29, 1.82) is 0 Å². The van der Waals surface area contributed by atoms with Crippen LogP contribution in [-0.2, 0) is 0 Å². The number of nitrogens with zero attached hydrogens (tertiary/aromatic N) is 1. The molecule has 1 aromatic carbocycles. The van der Waals surface area contributed by atoms with Crippen LogP contribution in [0.5, 0.6) is 5.75 Å². The molecule has 0 aromatic heterocycles. The second kappa shape index (κ2) is 6.49. The van der Waals surface area contributed by atoms with Gasteiger partial charge < -0.3 is 15.0 Å². The number of anilines is 1. The van der Waals surface area contributed by atoms with Gasteiger partial charge in [-0.25, -0.2) is 0 Å². The third kappa shape index (κ3) is 5.77. The summed E-state index contributed by atoms with van der Waals surface area (Å²) in [6.45, 7) is -0.632. The molecule has 0 heterocycles. The smallest absolute Gasteiger partial charge is 0.401 e. The van der Waals surface area contributed by atoms with Crippen LogP contribution in [0, 0.1) is 0 Å². The summed E-state index contributed by atoms with van der Waals surface area (Å²) in [6.07, 6.45) is -4.18. The van der Waals surface area contributed by atoms with E-state index in [4.69, 9.17) is 4.74 Å². The quantitative estimate of drug-likeness (QED) is 0.796. The highest BCUT2D eigenvalue weighted by Gasteiger charge is 2.25. The Morgan fingerprint density at radius 1 is 1.28 bits per heavy atom. The Bertz CT molecular complexity index is 367. The van der Waals surface area contributed by atoms with Crippen LogP contribution in [0.2, 0.25) is 0 Å². The fourth-order valence-corrected chi connectivity index (χ4v) is 1.32. The fraction of sp³-hybridized carbons (Fsp3) is 0.500. The van der Waals surface area contributed by atoms with Crippen LogP contribution < -0.4 is 15.0 Å². The van der Waals surface area contributed by atoms with Crippen molar-refractivity contribution in [1.82, 2.24) is 5.32 Å². The first kappa shape index (κ1) is 14.6. The standard InChI is InChI=1S/C12H17F3N2O/c1-17(2)10-4-3-5-11(8-10)18-7-6-16-9-12(13,14)15/h3-5,8,16H,6-7,9H2,1-2H3. The molecule has 0 aliphatic heterocycles. The molecule has 1 N–H and O–H groups in total. The monoisotopic (exact) mass is 262 g/mol. The van der Waals surface area contributed by atoms with Crippen molar-refractivity contribution in [3.8, 4) is 5.75 Å². The first-order valence-electron chi connectivity index (χ1n) is 5.56. The number of rotatable bonds is 6. The van der Waals surface area contributed by atoms with Gasteiger partial charge in [0, 0.05) is 32.4 Å². The highest BCUT2D eigenvalue weighted by molar-refractivity contribution is 5.49. The molecule has 3 nitrogen and oxygen atoms in total. The number of nitrogens with one attached hydrogen (secondary N) is 1. The average molecular weight is 262 g/mol. The Balaban J connectivity index is 2.29. The van der Waals surface area contributed by atoms with Crippen molar-refractivity contribution < 1.29 is 17.9 Å². The number of alkyl halides is 3. The van der Waals surface area contributed by atoms with Crippen LogP contribution in [-0.4, -0.2) is 40.0 Å². The SMILES string of the molecule is CN(C)c1cccc(OCCNCC(F)(F)F)c1. The molecule has 102 valence electrons. The third-order valence-electron chi connectivity index (χ3n) is 2.21. The molecule has 0 radical (unpaired) electrons. The van der Waals surface area contributed by atoms with E-state index < -0.39 is 12.7 Å². The maximum Gasteiger partial charge on any atom is 0.401 e. The van der Waals surface area contributed by atoms with E-state index in [0.29, 0.717) is 5.75 Å². The summed E-state index contributed by atoms with van der Waals surface area (Å²) >= 11 is 0. The van der Waals surface area contributed by atoms with E-state index in [-0.39, 0.29) is 13.2 Å². The van der Waals surface area contributed by atoms with E-state index in [2.05, 4.69) is 5.32 Å². The molecule has 0 spiro atoms. The lowest BCUT2D eigenvalue weighted by molar-refractivity contribution is -0.124. The van der Waals surface area contributed by atoms with Crippen LogP contribution in [0.4, 0.5) is 18.9 Å². The van der Waals surface area contributed by atoms with Gasteiger partial charge in [0.2, 0.25) is 0 Å². The summed E-state index contributed by atoms with van der Waals surface area (Å²) in [7, 11) is 3.81. The van der Waals surface area contributed by atoms with Crippen molar-refractivity contribution in [2.75, 3.05) is 38.7 Å². The van der Waals surface area contributed by atoms with E-state index in [1.165, 1.54) is 0 Å². The van der Waals surface area contributed by atoms with Gasteiger partial charge in [-0.15, -0.1) is 0 Å². The summed E-state index contributed by atoms with van der Waals surface area (Å²) in [4.78, 5) is 1.93. The van der Waals surface area contributed by atoms with Crippen molar-refractivity contribution in [3.63, 3.8) is 0 Å². The van der Waals surface area contributed by atoms with Crippen LogP contribution in [0.3, 0.4) is 0 Å². The Kier molecular flexibility index (Phi) is 5.27. The Morgan fingerprint density at radius 2 is 2.00 bits per heavy atom. The number of ether oxygens (including phenoxy) is 1. The zero-order valence-electron chi connectivity index (χ0n) is 10.4. The van der Waals surface area contributed by atoms with Crippen LogP contribution in [0.25, 0.3) is 0 Å². The average Bonchev–Trinajstić information content (AvgIpc) is 2.27. The van der Waals surface area contributed by atoms with Crippen molar-refractivity contribution in [3.05, 3.63) is 24.3 Å². The minimum Gasteiger partial charge on any atom is -0.492 e. The molecule has 0 aliphatic carbocycles. The molecule has 18 heavy (non-hydrogen) atoms. The van der Waals surface area contributed by atoms with E-state index in [1.807, 2.05) is 37.2 Å². The summed E-state index contributed by atoms with van der Waals surface area (Å²) < 4.78 is 40.9. The number of halogens is 3. The second-order valence-corrected chi connectivity index (χ2v) is 4.03. The van der Waals surface area contributed by atoms with Gasteiger partial charge in [0.1, 0.15) is 12.4 Å². The number of benzene rings is 1. The molecule has 1 rings (SSSR count). The van der Waals surface area contributed by atoms with Gasteiger partial charge in [-0.3, -0.25) is 0 Å². The van der Waals surface area contributed by atoms with Crippen LogP contribution >= 0.6 is 0 Å². The lowest BCUT2D eigenvalue weighted by atomic mass is 10.3. The minimum absolute atomic E-state index is 0.158. The van der Waals surface area contributed by atoms with Crippen LogP contribution in [0.1, 0.15) is 0 Å². The van der Waals surface area contributed by atoms with Gasteiger partial charge in [-0.2, -0.15) is 13.2 Å². The van der Waals surface area contributed by atoms with E-state index in [9.17, 15) is 13.2 Å². The highest BCUT2D eigenvalue weighted by atomic mass is 19.4. The van der Waals surface area contributed by atoms with Crippen molar-refractivity contribution in [2.24, 2.45) is 0 Å². The molecule has 6 heteroatoms. The lowest BCUT2D eigenvalue weighted by Gasteiger charge is -2.14. The van der Waals surface area contributed by atoms with Crippen molar-refractivity contribution >= 4 is 5.69 Å². The van der Waals surface area contributed by atoms with E-state index in [0.717, 1.165) is 5.69 Å². The summed E-state index contributed by atoms with van der Waals surface area (Å²) in [5.74, 6) is 0.648.